The van der Waals surface area contributed by atoms with E-state index >= 15 is 0 Å². The monoisotopic (exact) mass is 452 g/mol. The van der Waals surface area contributed by atoms with E-state index in [1.165, 1.54) is 18.2 Å². The van der Waals surface area contributed by atoms with Crippen LogP contribution in [0.4, 0.5) is 11.4 Å². The molecule has 3 aromatic rings. The van der Waals surface area contributed by atoms with E-state index in [-0.39, 0.29) is 15.9 Å². The van der Waals surface area contributed by atoms with Gasteiger partial charge in [-0.3, -0.25) is 0 Å². The number of nitrogens with one attached hydrogen (secondary N) is 1. The van der Waals surface area contributed by atoms with Gasteiger partial charge >= 0.3 is 169 Å². The first-order valence-corrected chi connectivity index (χ1v) is 11.9. The molecular weight excluding hydrogens is 435 g/mol. The fourth-order valence-corrected chi connectivity index (χ4v) is 3.83. The number of anilines is 1. The zero-order valence-electron chi connectivity index (χ0n) is 15.1. The fraction of sp³-hybridized carbons (Fsp3) is 0. The van der Waals surface area contributed by atoms with Crippen LogP contribution in [0.15, 0.2) is 100 Å². The number of Topliss-reactive ketones (excluding diaryl/α,β-unsaturated/α-hetero) is 1. The Kier molecular flexibility index (Phi) is 6.51. The summed E-state index contributed by atoms with van der Waals surface area (Å²) in [6, 6.07) is 23.1. The fourth-order valence-electron chi connectivity index (χ4n) is 2.36. The van der Waals surface area contributed by atoms with E-state index in [4.69, 9.17) is 0 Å². The van der Waals surface area contributed by atoms with Crippen molar-refractivity contribution in [1.29, 1.82) is 0 Å². The van der Waals surface area contributed by atoms with Crippen LogP contribution in [0.5, 0.6) is 0 Å². The van der Waals surface area contributed by atoms with Crippen molar-refractivity contribution >= 4 is 41.5 Å². The molecule has 0 aromatic heterocycles. The predicted molar refractivity (Wildman–Crippen MR) is 110 cm³/mol. The van der Waals surface area contributed by atoms with Gasteiger partial charge in [-0.15, -0.1) is 0 Å². The van der Waals surface area contributed by atoms with Gasteiger partial charge in [-0.05, 0) is 0 Å². The molecule has 0 aliphatic rings. The zero-order valence-corrected chi connectivity index (χ0v) is 17.0. The zero-order chi connectivity index (χ0) is 20.7. The molecule has 0 atom stereocenters. The van der Waals surface area contributed by atoms with Crippen LogP contribution in [0.2, 0.25) is 0 Å². The van der Waals surface area contributed by atoms with Crippen LogP contribution in [0.25, 0.3) is 0 Å². The van der Waals surface area contributed by atoms with E-state index in [2.05, 4.69) is 20.8 Å². The van der Waals surface area contributed by atoms with Crippen molar-refractivity contribution in [3.63, 3.8) is 0 Å². The predicted octanol–water partition coefficient (Wildman–Crippen LogP) is 2.64. The van der Waals surface area contributed by atoms with Crippen molar-refractivity contribution in [1.82, 2.24) is 0 Å². The standard InChI is InChI=1S/C20H17AsN4O4/c26-19(15-9-3-1-4-10-15)20(24-22-16-11-5-2-6-12-16)25-23-18-14-8-7-13-17(18)21(27,28)29/h1-14,22H,(H2,27,28,29)/b24-20+,25-23?. The molecule has 0 amide bonds. The minimum absolute atomic E-state index is 0.0201. The summed E-state index contributed by atoms with van der Waals surface area (Å²) in [5.74, 6) is -0.746. The number of carbonyl (C=O) groups excluding carboxylic acids is 1. The molecule has 0 bridgehead atoms. The van der Waals surface area contributed by atoms with Gasteiger partial charge in [0.2, 0.25) is 0 Å². The van der Waals surface area contributed by atoms with Gasteiger partial charge in [0.25, 0.3) is 0 Å². The van der Waals surface area contributed by atoms with Gasteiger partial charge in [0.1, 0.15) is 0 Å². The molecule has 0 heterocycles. The average Bonchev–Trinajstić information content (AvgIpc) is 2.74. The summed E-state index contributed by atoms with van der Waals surface area (Å²) in [6.07, 6.45) is 0. The topological polar surface area (TPSA) is 124 Å². The molecule has 0 radical (unpaired) electrons. The van der Waals surface area contributed by atoms with Crippen molar-refractivity contribution < 1.29 is 16.7 Å². The summed E-state index contributed by atoms with van der Waals surface area (Å²) in [6.45, 7) is 0. The minimum atomic E-state index is -5.21. The Bertz CT molecular complexity index is 1100. The Labute approximate surface area is 169 Å². The molecule has 3 aromatic carbocycles. The number of benzene rings is 3. The van der Waals surface area contributed by atoms with E-state index in [9.17, 15) is 16.7 Å². The third-order valence-electron chi connectivity index (χ3n) is 3.75. The van der Waals surface area contributed by atoms with Crippen molar-refractivity contribution in [3.8, 4) is 0 Å². The number of rotatable bonds is 6. The number of azo groups is 1. The first-order valence-electron chi connectivity index (χ1n) is 8.50. The van der Waals surface area contributed by atoms with Gasteiger partial charge in [0.15, 0.2) is 0 Å². The third kappa shape index (κ3) is 5.58. The van der Waals surface area contributed by atoms with Gasteiger partial charge in [-0.2, -0.15) is 0 Å². The first kappa shape index (κ1) is 20.4. The number of ketones is 1. The van der Waals surface area contributed by atoms with Crippen molar-refractivity contribution in [3.05, 3.63) is 90.5 Å². The molecule has 9 heteroatoms. The molecule has 0 unspecified atom stereocenters. The molecule has 0 saturated carbocycles. The van der Waals surface area contributed by atoms with Gasteiger partial charge < -0.3 is 0 Å². The quantitative estimate of drug-likeness (QED) is 0.133. The molecule has 0 saturated heterocycles. The SMILES string of the molecule is O=C(/C(N=Nc1ccccc1[As](=O)(O)O)=N\Nc1ccccc1)c1ccccc1. The molecule has 146 valence electrons. The maximum absolute atomic E-state index is 12.8. The van der Waals surface area contributed by atoms with Gasteiger partial charge in [-0.1, -0.05) is 0 Å². The number of para-hydroxylation sites is 1. The van der Waals surface area contributed by atoms with Crippen LogP contribution in [-0.2, 0) is 3.74 Å². The molecule has 0 aliphatic carbocycles. The van der Waals surface area contributed by atoms with Crippen LogP contribution < -0.4 is 9.78 Å². The van der Waals surface area contributed by atoms with Crippen molar-refractivity contribution in [2.75, 3.05) is 5.43 Å². The second-order valence-electron chi connectivity index (χ2n) is 5.84. The van der Waals surface area contributed by atoms with E-state index in [0.29, 0.717) is 11.3 Å². The van der Waals surface area contributed by atoms with Gasteiger partial charge in [0, 0.05) is 0 Å². The number of carbonyl (C=O) groups is 1. The third-order valence-corrected chi connectivity index (χ3v) is 5.86. The summed E-state index contributed by atoms with van der Waals surface area (Å²) in [5, 5.41) is 11.8. The van der Waals surface area contributed by atoms with E-state index in [0.717, 1.165) is 0 Å². The molecule has 29 heavy (non-hydrogen) atoms. The van der Waals surface area contributed by atoms with Crippen molar-refractivity contribution in [2.45, 2.75) is 0 Å². The Morgan fingerprint density at radius 1 is 0.828 bits per heavy atom. The number of hydrogen-bond donors (Lipinski definition) is 3. The van der Waals surface area contributed by atoms with Gasteiger partial charge in [-0.25, -0.2) is 0 Å². The Morgan fingerprint density at radius 2 is 1.41 bits per heavy atom. The van der Waals surface area contributed by atoms with E-state index in [1.807, 2.05) is 6.07 Å². The summed E-state index contributed by atoms with van der Waals surface area (Å²) in [4.78, 5) is 12.8. The summed E-state index contributed by atoms with van der Waals surface area (Å²) >= 11 is -5.21. The van der Waals surface area contributed by atoms with E-state index < -0.39 is 20.0 Å². The number of hydrazone groups is 1. The Morgan fingerprint density at radius 3 is 2.07 bits per heavy atom. The average molecular weight is 452 g/mol. The summed E-state index contributed by atoms with van der Waals surface area (Å²) < 4.78 is 30.6. The second kappa shape index (κ2) is 9.25. The number of hydrogen-bond acceptors (Lipinski definition) is 5. The first-order chi connectivity index (χ1) is 13.9. The Hall–Kier alpha value is -3.32. The van der Waals surface area contributed by atoms with Crippen LogP contribution in [-0.4, -0.2) is 34.0 Å². The maximum atomic E-state index is 12.8. The normalized spacial score (nSPS) is 12.1. The van der Waals surface area contributed by atoms with E-state index in [1.54, 1.807) is 60.7 Å². The molecular formula is C20H17AsN4O4. The molecule has 3 N–H and O–H groups in total. The van der Waals surface area contributed by atoms with Crippen molar-refractivity contribution in [2.24, 2.45) is 15.3 Å². The van der Waals surface area contributed by atoms with Gasteiger partial charge in [0.05, 0.1) is 0 Å². The molecule has 0 fully saturated rings. The second-order valence-corrected chi connectivity index (χ2v) is 9.13. The van der Waals surface area contributed by atoms with Crippen LogP contribution >= 0.6 is 0 Å². The summed E-state index contributed by atoms with van der Waals surface area (Å²) in [7, 11) is 0. The Balaban J connectivity index is 1.97. The van der Waals surface area contributed by atoms with Crippen LogP contribution in [0.3, 0.4) is 0 Å². The number of nitrogens with zero attached hydrogens (tertiary/aromatic N) is 3. The summed E-state index contributed by atoms with van der Waals surface area (Å²) in [5.41, 5.74) is 3.71. The molecule has 0 aliphatic heterocycles. The molecule has 8 nitrogen and oxygen atoms in total. The number of amidine groups is 1. The molecule has 0 spiro atoms. The van der Waals surface area contributed by atoms with Crippen LogP contribution in [0.1, 0.15) is 10.4 Å². The molecule has 3 rings (SSSR count). The van der Waals surface area contributed by atoms with Crippen LogP contribution in [0, 0.1) is 0 Å².